The molecule has 0 saturated carbocycles. The van der Waals surface area contributed by atoms with Gasteiger partial charge in [-0.1, -0.05) is 0 Å². The molecule has 6 nitrogen and oxygen atoms in total. The molecule has 1 fully saturated rings. The molecule has 1 saturated heterocycles. The SMILES string of the molecule is CC(=O)N1CCCC1C(=O)Nc1ccc(N)nc1. The maximum atomic E-state index is 12.1. The van der Waals surface area contributed by atoms with Crippen LogP contribution in [0.5, 0.6) is 0 Å². The van der Waals surface area contributed by atoms with E-state index in [9.17, 15) is 9.59 Å². The largest absolute Gasteiger partial charge is 0.384 e. The minimum Gasteiger partial charge on any atom is -0.384 e. The van der Waals surface area contributed by atoms with E-state index in [1.165, 1.54) is 13.1 Å². The molecular weight excluding hydrogens is 232 g/mol. The number of likely N-dealkylation sites (tertiary alicyclic amines) is 1. The molecule has 0 bridgehead atoms. The summed E-state index contributed by atoms with van der Waals surface area (Å²) >= 11 is 0. The molecular formula is C12H16N4O2. The predicted molar refractivity (Wildman–Crippen MR) is 67.7 cm³/mol. The summed E-state index contributed by atoms with van der Waals surface area (Å²) < 4.78 is 0. The van der Waals surface area contributed by atoms with Gasteiger partial charge in [-0.15, -0.1) is 0 Å². The molecule has 0 aromatic carbocycles. The van der Waals surface area contributed by atoms with E-state index in [1.807, 2.05) is 0 Å². The Hall–Kier alpha value is -2.11. The highest BCUT2D eigenvalue weighted by atomic mass is 16.2. The summed E-state index contributed by atoms with van der Waals surface area (Å²) in [6.07, 6.45) is 3.06. The van der Waals surface area contributed by atoms with Crippen molar-refractivity contribution in [1.82, 2.24) is 9.88 Å². The number of anilines is 2. The number of hydrogen-bond donors (Lipinski definition) is 2. The van der Waals surface area contributed by atoms with Crippen LogP contribution in [0.15, 0.2) is 18.3 Å². The molecule has 1 aromatic rings. The van der Waals surface area contributed by atoms with Crippen LogP contribution in [-0.4, -0.2) is 34.3 Å². The van der Waals surface area contributed by atoms with Crippen molar-refractivity contribution in [2.75, 3.05) is 17.6 Å². The molecule has 0 spiro atoms. The number of nitrogens with two attached hydrogens (primary N) is 1. The van der Waals surface area contributed by atoms with Crippen molar-refractivity contribution in [2.45, 2.75) is 25.8 Å². The Kier molecular flexibility index (Phi) is 3.45. The van der Waals surface area contributed by atoms with Crippen molar-refractivity contribution in [3.63, 3.8) is 0 Å². The zero-order valence-electron chi connectivity index (χ0n) is 10.2. The first-order valence-electron chi connectivity index (χ1n) is 5.87. The monoisotopic (exact) mass is 248 g/mol. The summed E-state index contributed by atoms with van der Waals surface area (Å²) in [6, 6.07) is 2.93. The molecule has 1 aliphatic rings. The van der Waals surface area contributed by atoms with Gasteiger partial charge in [-0.3, -0.25) is 9.59 Å². The highest BCUT2D eigenvalue weighted by Crippen LogP contribution is 2.19. The zero-order valence-corrected chi connectivity index (χ0v) is 10.2. The van der Waals surface area contributed by atoms with Crippen LogP contribution in [0.3, 0.4) is 0 Å². The van der Waals surface area contributed by atoms with Gasteiger partial charge in [-0.2, -0.15) is 0 Å². The summed E-state index contributed by atoms with van der Waals surface area (Å²) in [5.74, 6) is 0.164. The van der Waals surface area contributed by atoms with Gasteiger partial charge in [0.05, 0.1) is 11.9 Å². The maximum Gasteiger partial charge on any atom is 0.247 e. The number of nitrogen functional groups attached to an aromatic ring is 1. The van der Waals surface area contributed by atoms with E-state index in [0.717, 1.165) is 6.42 Å². The normalized spacial score (nSPS) is 18.7. The van der Waals surface area contributed by atoms with Crippen LogP contribution in [0.25, 0.3) is 0 Å². The number of aromatic nitrogens is 1. The summed E-state index contributed by atoms with van der Waals surface area (Å²) in [5.41, 5.74) is 6.05. The topological polar surface area (TPSA) is 88.3 Å². The molecule has 3 N–H and O–H groups in total. The van der Waals surface area contributed by atoms with Crippen molar-refractivity contribution in [3.8, 4) is 0 Å². The van der Waals surface area contributed by atoms with Crippen LogP contribution in [0.1, 0.15) is 19.8 Å². The van der Waals surface area contributed by atoms with Crippen LogP contribution in [0.4, 0.5) is 11.5 Å². The molecule has 18 heavy (non-hydrogen) atoms. The van der Waals surface area contributed by atoms with E-state index in [4.69, 9.17) is 5.73 Å². The molecule has 6 heteroatoms. The highest BCUT2D eigenvalue weighted by Gasteiger charge is 2.32. The number of carbonyl (C=O) groups is 2. The zero-order chi connectivity index (χ0) is 13.1. The Bertz CT molecular complexity index is 458. The lowest BCUT2D eigenvalue weighted by Gasteiger charge is -2.22. The fourth-order valence-corrected chi connectivity index (χ4v) is 2.12. The number of carbonyl (C=O) groups excluding carboxylic acids is 2. The lowest BCUT2D eigenvalue weighted by Crippen LogP contribution is -2.42. The van der Waals surface area contributed by atoms with Gasteiger partial charge < -0.3 is 16.0 Å². The molecule has 1 atom stereocenters. The van der Waals surface area contributed by atoms with Crippen molar-refractivity contribution < 1.29 is 9.59 Å². The van der Waals surface area contributed by atoms with Gasteiger partial charge in [0.15, 0.2) is 0 Å². The van der Waals surface area contributed by atoms with Gasteiger partial charge in [0.25, 0.3) is 0 Å². The molecule has 2 amide bonds. The molecule has 2 rings (SSSR count). The average Bonchev–Trinajstić information content (AvgIpc) is 2.81. The van der Waals surface area contributed by atoms with Gasteiger partial charge in [-0.05, 0) is 25.0 Å². The third-order valence-electron chi connectivity index (χ3n) is 3.01. The summed E-state index contributed by atoms with van der Waals surface area (Å²) in [5, 5.41) is 2.75. The van der Waals surface area contributed by atoms with E-state index >= 15 is 0 Å². The minimum absolute atomic E-state index is 0.0666. The fourth-order valence-electron chi connectivity index (χ4n) is 2.12. The lowest BCUT2D eigenvalue weighted by atomic mass is 10.2. The Morgan fingerprint density at radius 1 is 1.50 bits per heavy atom. The maximum absolute atomic E-state index is 12.1. The van der Waals surface area contributed by atoms with Crippen molar-refractivity contribution in [1.29, 1.82) is 0 Å². The van der Waals surface area contributed by atoms with Gasteiger partial charge in [0.1, 0.15) is 11.9 Å². The van der Waals surface area contributed by atoms with E-state index in [-0.39, 0.29) is 17.9 Å². The second-order valence-corrected chi connectivity index (χ2v) is 4.33. The van der Waals surface area contributed by atoms with Crippen LogP contribution in [0.2, 0.25) is 0 Å². The van der Waals surface area contributed by atoms with E-state index in [0.29, 0.717) is 24.5 Å². The predicted octanol–water partition coefficient (Wildman–Crippen LogP) is 0.613. The molecule has 1 aromatic heterocycles. The number of pyridine rings is 1. The molecule has 1 aliphatic heterocycles. The molecule has 1 unspecified atom stereocenters. The summed E-state index contributed by atoms with van der Waals surface area (Å²) in [4.78, 5) is 28.9. The Balaban J connectivity index is 2.03. The first-order chi connectivity index (χ1) is 8.58. The number of nitrogens with zero attached hydrogens (tertiary/aromatic N) is 2. The van der Waals surface area contributed by atoms with Gasteiger partial charge in [0, 0.05) is 13.5 Å². The van der Waals surface area contributed by atoms with Crippen molar-refractivity contribution in [3.05, 3.63) is 18.3 Å². The first-order valence-corrected chi connectivity index (χ1v) is 5.87. The molecule has 96 valence electrons. The quantitative estimate of drug-likeness (QED) is 0.802. The second-order valence-electron chi connectivity index (χ2n) is 4.33. The average molecular weight is 248 g/mol. The number of hydrogen-bond acceptors (Lipinski definition) is 4. The molecule has 0 radical (unpaired) electrons. The van der Waals surface area contributed by atoms with Crippen LogP contribution >= 0.6 is 0 Å². The summed E-state index contributed by atoms with van der Waals surface area (Å²) in [7, 11) is 0. The van der Waals surface area contributed by atoms with Gasteiger partial charge in [-0.25, -0.2) is 4.98 Å². The second kappa shape index (κ2) is 5.03. The smallest absolute Gasteiger partial charge is 0.247 e. The standard InChI is InChI=1S/C12H16N4O2/c1-8(17)16-6-2-3-10(16)12(18)15-9-4-5-11(13)14-7-9/h4-5,7,10H,2-3,6H2,1H3,(H2,13,14)(H,15,18). The summed E-state index contributed by atoms with van der Waals surface area (Å²) in [6.45, 7) is 2.13. The lowest BCUT2D eigenvalue weighted by molar-refractivity contribution is -0.134. The van der Waals surface area contributed by atoms with Crippen molar-refractivity contribution in [2.24, 2.45) is 0 Å². The minimum atomic E-state index is -0.375. The van der Waals surface area contributed by atoms with Crippen LogP contribution in [0, 0.1) is 0 Å². The van der Waals surface area contributed by atoms with E-state index in [2.05, 4.69) is 10.3 Å². The van der Waals surface area contributed by atoms with Gasteiger partial charge >= 0.3 is 0 Å². The third-order valence-corrected chi connectivity index (χ3v) is 3.01. The van der Waals surface area contributed by atoms with Crippen molar-refractivity contribution >= 4 is 23.3 Å². The van der Waals surface area contributed by atoms with Crippen LogP contribution in [-0.2, 0) is 9.59 Å². The Morgan fingerprint density at radius 3 is 2.89 bits per heavy atom. The van der Waals surface area contributed by atoms with Gasteiger partial charge in [0.2, 0.25) is 11.8 Å². The Labute approximate surface area is 105 Å². The molecule has 2 heterocycles. The number of amides is 2. The third kappa shape index (κ3) is 2.58. The molecule has 0 aliphatic carbocycles. The van der Waals surface area contributed by atoms with E-state index in [1.54, 1.807) is 17.0 Å². The Morgan fingerprint density at radius 2 is 2.28 bits per heavy atom. The van der Waals surface area contributed by atoms with Crippen LogP contribution < -0.4 is 11.1 Å². The highest BCUT2D eigenvalue weighted by molar-refractivity contribution is 5.97. The van der Waals surface area contributed by atoms with E-state index < -0.39 is 0 Å². The fraction of sp³-hybridized carbons (Fsp3) is 0.417. The first kappa shape index (κ1) is 12.3. The number of rotatable bonds is 2. The number of nitrogens with one attached hydrogen (secondary N) is 1.